The van der Waals surface area contributed by atoms with Crippen molar-refractivity contribution in [2.75, 3.05) is 5.32 Å². The summed E-state index contributed by atoms with van der Waals surface area (Å²) in [4.78, 5) is 14.0. The minimum absolute atomic E-state index is 0.206. The van der Waals surface area contributed by atoms with Crippen LogP contribution < -0.4 is 5.32 Å². The lowest BCUT2D eigenvalue weighted by Crippen LogP contribution is -2.07. The molecule has 2 N–H and O–H groups in total. The molecule has 0 aliphatic carbocycles. The van der Waals surface area contributed by atoms with Gasteiger partial charge in [0.05, 0.1) is 5.56 Å². The molecule has 17 heavy (non-hydrogen) atoms. The quantitative estimate of drug-likeness (QED) is 0.824. The maximum Gasteiger partial charge on any atom is 0.222 e. The van der Waals surface area contributed by atoms with Gasteiger partial charge in [-0.05, 0) is 11.6 Å². The number of hydrogen-bond acceptors (Lipinski definition) is 2. The van der Waals surface area contributed by atoms with Gasteiger partial charge in [-0.2, -0.15) is 5.26 Å². The molecule has 0 bridgehead atoms. The van der Waals surface area contributed by atoms with E-state index in [1.54, 1.807) is 6.07 Å². The molecule has 0 unspecified atom stereocenters. The van der Waals surface area contributed by atoms with Crippen molar-refractivity contribution >= 4 is 11.7 Å². The molecule has 1 amide bonds. The Kier molecular flexibility index (Phi) is 2.93. The van der Waals surface area contributed by atoms with Crippen LogP contribution in [0.5, 0.6) is 0 Å². The van der Waals surface area contributed by atoms with E-state index in [9.17, 15) is 4.79 Å². The fraction of sp³-hybridized carbons (Fsp3) is 0.0769. The molecule has 0 aliphatic rings. The normalized spacial score (nSPS) is 9.65. The molecule has 1 heterocycles. The minimum atomic E-state index is -0.206. The monoisotopic (exact) mass is 225 g/mol. The third kappa shape index (κ3) is 2.34. The van der Waals surface area contributed by atoms with Gasteiger partial charge in [-0.3, -0.25) is 4.79 Å². The zero-order valence-corrected chi connectivity index (χ0v) is 9.32. The lowest BCUT2D eigenvalue weighted by molar-refractivity contribution is -0.114. The predicted molar refractivity (Wildman–Crippen MR) is 65.2 cm³/mol. The van der Waals surface area contributed by atoms with E-state index in [4.69, 9.17) is 5.26 Å². The van der Waals surface area contributed by atoms with Crippen molar-refractivity contribution in [2.45, 2.75) is 6.92 Å². The summed E-state index contributed by atoms with van der Waals surface area (Å²) in [7, 11) is 0. The summed E-state index contributed by atoms with van der Waals surface area (Å²) in [6.07, 6.45) is 0. The van der Waals surface area contributed by atoms with Crippen molar-refractivity contribution in [3.8, 4) is 17.3 Å². The highest BCUT2D eigenvalue weighted by Crippen LogP contribution is 2.24. The first-order chi connectivity index (χ1) is 8.20. The van der Waals surface area contributed by atoms with Crippen LogP contribution in [0, 0.1) is 11.3 Å². The van der Waals surface area contributed by atoms with Gasteiger partial charge in [-0.1, -0.05) is 30.3 Å². The van der Waals surface area contributed by atoms with Gasteiger partial charge in [0.25, 0.3) is 0 Å². The van der Waals surface area contributed by atoms with E-state index in [0.29, 0.717) is 11.4 Å². The van der Waals surface area contributed by atoms with Crippen LogP contribution in [0.15, 0.2) is 36.4 Å². The highest BCUT2D eigenvalue weighted by Gasteiger charge is 2.09. The number of aromatic nitrogens is 1. The molecule has 2 aromatic rings. The minimum Gasteiger partial charge on any atom is -0.340 e. The Morgan fingerprint density at radius 1 is 1.35 bits per heavy atom. The van der Waals surface area contributed by atoms with E-state index in [1.165, 1.54) is 6.92 Å². The number of carbonyl (C=O) groups excluding carboxylic acids is 1. The van der Waals surface area contributed by atoms with Crippen molar-refractivity contribution < 1.29 is 4.79 Å². The van der Waals surface area contributed by atoms with Crippen molar-refractivity contribution in [1.82, 2.24) is 4.98 Å². The third-order valence-corrected chi connectivity index (χ3v) is 2.32. The predicted octanol–water partition coefficient (Wildman–Crippen LogP) is 2.51. The first kappa shape index (κ1) is 11.0. The molecule has 84 valence electrons. The van der Waals surface area contributed by atoms with E-state index >= 15 is 0 Å². The average Bonchev–Trinajstić information content (AvgIpc) is 2.72. The zero-order chi connectivity index (χ0) is 12.3. The standard InChI is InChI=1S/C13H11N3O/c1-9(17)15-13-11(8-14)7-12(16-13)10-5-3-2-4-6-10/h2-7,16H,1H3,(H,15,17). The number of benzene rings is 1. The van der Waals surface area contributed by atoms with Crippen molar-refractivity contribution in [1.29, 1.82) is 5.26 Å². The number of nitriles is 1. The number of H-pyrrole nitrogens is 1. The summed E-state index contributed by atoms with van der Waals surface area (Å²) in [6.45, 7) is 1.41. The molecule has 4 nitrogen and oxygen atoms in total. The number of carbonyl (C=O) groups is 1. The van der Waals surface area contributed by atoms with E-state index in [-0.39, 0.29) is 5.91 Å². The summed E-state index contributed by atoms with van der Waals surface area (Å²) in [6, 6.07) is 13.4. The Labute approximate surface area is 98.9 Å². The maximum atomic E-state index is 11.0. The topological polar surface area (TPSA) is 68.7 Å². The van der Waals surface area contributed by atoms with Gasteiger partial charge in [0, 0.05) is 12.6 Å². The van der Waals surface area contributed by atoms with Gasteiger partial charge in [-0.25, -0.2) is 0 Å². The van der Waals surface area contributed by atoms with Crippen LogP contribution in [0.25, 0.3) is 11.3 Å². The number of aromatic amines is 1. The molecule has 0 saturated heterocycles. The lowest BCUT2D eigenvalue weighted by Gasteiger charge is -1.99. The fourth-order valence-corrected chi connectivity index (χ4v) is 1.59. The van der Waals surface area contributed by atoms with Crippen molar-refractivity contribution in [3.05, 3.63) is 42.0 Å². The van der Waals surface area contributed by atoms with Gasteiger partial charge < -0.3 is 10.3 Å². The van der Waals surface area contributed by atoms with E-state index in [2.05, 4.69) is 10.3 Å². The van der Waals surface area contributed by atoms with Gasteiger partial charge in [-0.15, -0.1) is 0 Å². The molecule has 0 radical (unpaired) electrons. The zero-order valence-electron chi connectivity index (χ0n) is 9.32. The Morgan fingerprint density at radius 2 is 2.06 bits per heavy atom. The molecular weight excluding hydrogens is 214 g/mol. The number of hydrogen-bond donors (Lipinski definition) is 2. The molecular formula is C13H11N3O. The summed E-state index contributed by atoms with van der Waals surface area (Å²) in [5.74, 6) is 0.238. The van der Waals surface area contributed by atoms with Crippen LogP contribution in [-0.2, 0) is 4.79 Å². The summed E-state index contributed by atoms with van der Waals surface area (Å²) in [5, 5.41) is 11.6. The van der Waals surface area contributed by atoms with Gasteiger partial charge in [0.1, 0.15) is 11.9 Å². The third-order valence-electron chi connectivity index (χ3n) is 2.32. The van der Waals surface area contributed by atoms with Crippen LogP contribution >= 0.6 is 0 Å². The highest BCUT2D eigenvalue weighted by atomic mass is 16.1. The van der Waals surface area contributed by atoms with Crippen LogP contribution in [0.1, 0.15) is 12.5 Å². The molecule has 2 rings (SSSR count). The van der Waals surface area contributed by atoms with Crippen LogP contribution in [0.3, 0.4) is 0 Å². The molecule has 1 aromatic heterocycles. The van der Waals surface area contributed by atoms with E-state index in [1.807, 2.05) is 36.4 Å². The molecule has 1 aromatic carbocycles. The van der Waals surface area contributed by atoms with Crippen molar-refractivity contribution in [3.63, 3.8) is 0 Å². The average molecular weight is 225 g/mol. The van der Waals surface area contributed by atoms with E-state index < -0.39 is 0 Å². The number of nitrogens with one attached hydrogen (secondary N) is 2. The molecule has 0 fully saturated rings. The summed E-state index contributed by atoms with van der Waals surface area (Å²) in [5.41, 5.74) is 2.21. The second kappa shape index (κ2) is 4.54. The number of nitrogens with zero attached hydrogens (tertiary/aromatic N) is 1. The van der Waals surface area contributed by atoms with Gasteiger partial charge in [0.15, 0.2) is 0 Å². The van der Waals surface area contributed by atoms with Crippen LogP contribution in [0.2, 0.25) is 0 Å². The number of anilines is 1. The largest absolute Gasteiger partial charge is 0.340 e. The summed E-state index contributed by atoms with van der Waals surface area (Å²) >= 11 is 0. The van der Waals surface area contributed by atoms with Crippen LogP contribution in [-0.4, -0.2) is 10.9 Å². The smallest absolute Gasteiger partial charge is 0.222 e. The maximum absolute atomic E-state index is 11.0. The Morgan fingerprint density at radius 3 is 2.65 bits per heavy atom. The highest BCUT2D eigenvalue weighted by molar-refractivity contribution is 5.90. The van der Waals surface area contributed by atoms with Crippen LogP contribution in [0.4, 0.5) is 5.82 Å². The molecule has 4 heteroatoms. The molecule has 0 spiro atoms. The molecule has 0 aliphatic heterocycles. The second-order valence-electron chi connectivity index (χ2n) is 3.63. The van der Waals surface area contributed by atoms with E-state index in [0.717, 1.165) is 11.3 Å². The fourth-order valence-electron chi connectivity index (χ4n) is 1.59. The number of amides is 1. The first-order valence-electron chi connectivity index (χ1n) is 5.17. The number of rotatable bonds is 2. The molecule has 0 atom stereocenters. The Bertz CT molecular complexity index is 578. The lowest BCUT2D eigenvalue weighted by atomic mass is 10.1. The second-order valence-corrected chi connectivity index (χ2v) is 3.63. The van der Waals surface area contributed by atoms with Gasteiger partial charge in [0.2, 0.25) is 5.91 Å². The molecule has 0 saturated carbocycles. The van der Waals surface area contributed by atoms with Crippen molar-refractivity contribution in [2.24, 2.45) is 0 Å². The SMILES string of the molecule is CC(=O)Nc1[nH]c(-c2ccccc2)cc1C#N. The Balaban J connectivity index is 2.42. The Hall–Kier alpha value is -2.54. The van der Waals surface area contributed by atoms with Gasteiger partial charge >= 0.3 is 0 Å². The first-order valence-corrected chi connectivity index (χ1v) is 5.17. The summed E-state index contributed by atoms with van der Waals surface area (Å²) < 4.78 is 0.